The summed E-state index contributed by atoms with van der Waals surface area (Å²) in [6.45, 7) is 2.14. The van der Waals surface area contributed by atoms with Crippen molar-refractivity contribution in [1.29, 1.82) is 0 Å². The van der Waals surface area contributed by atoms with E-state index in [0.717, 1.165) is 16.9 Å². The fraction of sp³-hybridized carbons (Fsp3) is 0.136. The summed E-state index contributed by atoms with van der Waals surface area (Å²) in [5.74, 6) is 0.0944. The van der Waals surface area contributed by atoms with Crippen LogP contribution in [0.1, 0.15) is 17.3 Å². The van der Waals surface area contributed by atoms with Gasteiger partial charge < -0.3 is 15.2 Å². The number of carbonyl (C=O) groups excluding carboxylic acids is 1. The molecule has 2 N–H and O–H groups in total. The highest BCUT2D eigenvalue weighted by atomic mass is 35.5. The number of para-hydroxylation sites is 1. The first-order valence-corrected chi connectivity index (χ1v) is 8.99. The Hall–Kier alpha value is -2.98. The smallest absolute Gasteiger partial charge is 0.255 e. The van der Waals surface area contributed by atoms with Crippen molar-refractivity contribution in [2.24, 2.45) is 0 Å². The van der Waals surface area contributed by atoms with Crippen molar-refractivity contribution in [2.45, 2.75) is 13.0 Å². The molecule has 4 nitrogen and oxygen atoms in total. The van der Waals surface area contributed by atoms with E-state index in [9.17, 15) is 9.90 Å². The molecule has 1 amide bonds. The summed E-state index contributed by atoms with van der Waals surface area (Å²) in [7, 11) is 0. The minimum atomic E-state index is -0.406. The van der Waals surface area contributed by atoms with E-state index in [2.05, 4.69) is 5.32 Å². The monoisotopic (exact) mass is 381 g/mol. The quantitative estimate of drug-likeness (QED) is 0.637. The lowest BCUT2D eigenvalue weighted by Gasteiger charge is -2.16. The minimum Gasteiger partial charge on any atom is -0.506 e. The van der Waals surface area contributed by atoms with Crippen molar-refractivity contribution in [1.82, 2.24) is 5.32 Å². The molecule has 0 heterocycles. The average Bonchev–Trinajstić information content (AvgIpc) is 2.69. The van der Waals surface area contributed by atoms with Gasteiger partial charge in [-0.25, -0.2) is 0 Å². The lowest BCUT2D eigenvalue weighted by Crippen LogP contribution is -2.36. The molecule has 138 valence electrons. The van der Waals surface area contributed by atoms with E-state index < -0.39 is 5.91 Å². The molecule has 0 aliphatic heterocycles. The number of nitrogens with one attached hydrogen (secondary N) is 1. The van der Waals surface area contributed by atoms with E-state index in [4.69, 9.17) is 16.3 Å². The van der Waals surface area contributed by atoms with E-state index in [1.807, 2.05) is 67.6 Å². The number of phenolic OH excluding ortho intramolecular Hbond substituents is 1. The number of hydrogen-bond donors (Lipinski definition) is 2. The van der Waals surface area contributed by atoms with Crippen LogP contribution in [-0.4, -0.2) is 23.7 Å². The van der Waals surface area contributed by atoms with Gasteiger partial charge in [0.05, 0.1) is 16.6 Å². The number of hydrogen-bond acceptors (Lipinski definition) is 3. The number of aromatic hydroxyl groups is 1. The summed E-state index contributed by atoms with van der Waals surface area (Å²) in [6, 6.07) is 21.9. The second-order valence-electron chi connectivity index (χ2n) is 6.22. The van der Waals surface area contributed by atoms with Crippen LogP contribution in [0, 0.1) is 0 Å². The van der Waals surface area contributed by atoms with Crippen molar-refractivity contribution in [3.05, 3.63) is 83.4 Å². The summed E-state index contributed by atoms with van der Waals surface area (Å²) in [5, 5.41) is 13.2. The van der Waals surface area contributed by atoms with Gasteiger partial charge in [-0.3, -0.25) is 4.79 Å². The Bertz CT molecular complexity index is 914. The van der Waals surface area contributed by atoms with Gasteiger partial charge in [0.1, 0.15) is 18.1 Å². The first kappa shape index (κ1) is 18.8. The molecule has 0 spiro atoms. The van der Waals surface area contributed by atoms with E-state index >= 15 is 0 Å². The molecule has 0 radical (unpaired) electrons. The van der Waals surface area contributed by atoms with Crippen LogP contribution in [-0.2, 0) is 0 Å². The third-order valence-electron chi connectivity index (χ3n) is 4.04. The second kappa shape index (κ2) is 8.60. The largest absolute Gasteiger partial charge is 0.506 e. The number of rotatable bonds is 6. The Kier molecular flexibility index (Phi) is 5.99. The van der Waals surface area contributed by atoms with Gasteiger partial charge in [-0.1, -0.05) is 60.1 Å². The summed E-state index contributed by atoms with van der Waals surface area (Å²) in [6.07, 6.45) is 0. The molecule has 0 saturated heterocycles. The molecule has 0 aliphatic carbocycles. The lowest BCUT2D eigenvalue weighted by molar-refractivity contribution is 0.0924. The van der Waals surface area contributed by atoms with Gasteiger partial charge in [0, 0.05) is 0 Å². The molecule has 1 unspecified atom stereocenters. The molecule has 0 saturated carbocycles. The summed E-state index contributed by atoms with van der Waals surface area (Å²) in [4.78, 5) is 12.6. The normalized spacial score (nSPS) is 11.6. The van der Waals surface area contributed by atoms with Crippen LogP contribution in [0.3, 0.4) is 0 Å². The molecule has 3 aromatic carbocycles. The highest BCUT2D eigenvalue weighted by molar-refractivity contribution is 6.33. The van der Waals surface area contributed by atoms with E-state index in [0.29, 0.717) is 6.61 Å². The standard InChI is InChI=1S/C22H20ClNO3/c1-15(14-27-18-10-6-3-7-11-18)24-22(26)19-12-17(13-20(23)21(19)25)16-8-4-2-5-9-16/h2-13,15,25H,14H2,1H3,(H,24,26). The van der Waals surface area contributed by atoms with Gasteiger partial charge in [0.15, 0.2) is 0 Å². The van der Waals surface area contributed by atoms with Crippen molar-refractivity contribution in [3.8, 4) is 22.6 Å². The Labute approximate surface area is 163 Å². The zero-order valence-corrected chi connectivity index (χ0v) is 15.6. The fourth-order valence-corrected chi connectivity index (χ4v) is 2.87. The first-order valence-electron chi connectivity index (χ1n) is 8.61. The van der Waals surface area contributed by atoms with Crippen molar-refractivity contribution in [3.63, 3.8) is 0 Å². The summed E-state index contributed by atoms with van der Waals surface area (Å²) >= 11 is 6.14. The van der Waals surface area contributed by atoms with Crippen molar-refractivity contribution < 1.29 is 14.6 Å². The van der Waals surface area contributed by atoms with Crippen molar-refractivity contribution >= 4 is 17.5 Å². The van der Waals surface area contributed by atoms with Gasteiger partial charge in [0.2, 0.25) is 0 Å². The van der Waals surface area contributed by atoms with Crippen LogP contribution >= 0.6 is 11.6 Å². The summed E-state index contributed by atoms with van der Waals surface area (Å²) in [5.41, 5.74) is 1.80. The molecule has 0 fully saturated rings. The predicted molar refractivity (Wildman–Crippen MR) is 107 cm³/mol. The zero-order chi connectivity index (χ0) is 19.2. The maximum Gasteiger partial charge on any atom is 0.255 e. The maximum atomic E-state index is 12.6. The van der Waals surface area contributed by atoms with E-state index in [1.54, 1.807) is 12.1 Å². The highest BCUT2D eigenvalue weighted by Crippen LogP contribution is 2.33. The molecule has 3 rings (SSSR count). The molecule has 5 heteroatoms. The molecule has 0 aliphatic rings. The third-order valence-corrected chi connectivity index (χ3v) is 4.32. The topological polar surface area (TPSA) is 58.6 Å². The Morgan fingerprint density at radius 2 is 1.67 bits per heavy atom. The Balaban J connectivity index is 1.73. The van der Waals surface area contributed by atoms with Gasteiger partial charge in [-0.2, -0.15) is 0 Å². The molecule has 0 bridgehead atoms. The first-order chi connectivity index (χ1) is 13.0. The lowest BCUT2D eigenvalue weighted by atomic mass is 10.0. The van der Waals surface area contributed by atoms with Gasteiger partial charge >= 0.3 is 0 Å². The Morgan fingerprint density at radius 1 is 1.04 bits per heavy atom. The van der Waals surface area contributed by atoms with Gasteiger partial charge in [-0.05, 0) is 42.3 Å². The van der Waals surface area contributed by atoms with E-state index in [1.165, 1.54) is 0 Å². The second-order valence-corrected chi connectivity index (χ2v) is 6.63. The maximum absolute atomic E-state index is 12.6. The highest BCUT2D eigenvalue weighted by Gasteiger charge is 2.18. The molecule has 0 aromatic heterocycles. The van der Waals surface area contributed by atoms with Crippen LogP contribution in [0.5, 0.6) is 11.5 Å². The molecular weight excluding hydrogens is 362 g/mol. The number of amides is 1. The number of ether oxygens (including phenoxy) is 1. The molecular formula is C22H20ClNO3. The molecule has 1 atom stereocenters. The van der Waals surface area contributed by atoms with Crippen LogP contribution in [0.15, 0.2) is 72.8 Å². The fourth-order valence-electron chi connectivity index (χ4n) is 2.65. The van der Waals surface area contributed by atoms with E-state index in [-0.39, 0.29) is 22.4 Å². The zero-order valence-electron chi connectivity index (χ0n) is 14.9. The third kappa shape index (κ3) is 4.80. The number of benzene rings is 3. The van der Waals surface area contributed by atoms with Crippen LogP contribution < -0.4 is 10.1 Å². The molecule has 3 aromatic rings. The van der Waals surface area contributed by atoms with Crippen LogP contribution in [0.4, 0.5) is 0 Å². The number of phenols is 1. The molecule has 27 heavy (non-hydrogen) atoms. The number of carbonyl (C=O) groups is 1. The van der Waals surface area contributed by atoms with Gasteiger partial charge in [0.25, 0.3) is 5.91 Å². The Morgan fingerprint density at radius 3 is 2.33 bits per heavy atom. The number of halogens is 1. The predicted octanol–water partition coefficient (Wildman–Crippen LogP) is 4.91. The minimum absolute atomic E-state index is 0.132. The van der Waals surface area contributed by atoms with Crippen molar-refractivity contribution in [2.75, 3.05) is 6.61 Å². The van der Waals surface area contributed by atoms with Crippen LogP contribution in [0.25, 0.3) is 11.1 Å². The summed E-state index contributed by atoms with van der Waals surface area (Å²) < 4.78 is 5.65. The SMILES string of the molecule is CC(COc1ccccc1)NC(=O)c1cc(-c2ccccc2)cc(Cl)c1O. The van der Waals surface area contributed by atoms with Gasteiger partial charge in [-0.15, -0.1) is 0 Å². The van der Waals surface area contributed by atoms with Crippen LogP contribution in [0.2, 0.25) is 5.02 Å². The average molecular weight is 382 g/mol.